The van der Waals surface area contributed by atoms with Crippen molar-refractivity contribution in [2.45, 2.75) is 20.3 Å². The maximum Gasteiger partial charge on any atom is 0.308 e. The summed E-state index contributed by atoms with van der Waals surface area (Å²) in [5.41, 5.74) is 0. The molecule has 0 aliphatic heterocycles. The molecule has 0 N–H and O–H groups in total. The Morgan fingerprint density at radius 3 is 2.27 bits per heavy atom. The fourth-order valence-corrected chi connectivity index (χ4v) is 2.31. The summed E-state index contributed by atoms with van der Waals surface area (Å²) in [5.74, 6) is 0.616. The van der Waals surface area contributed by atoms with Crippen LogP contribution in [0.4, 0.5) is 0 Å². The molecule has 0 bridgehead atoms. The quantitative estimate of drug-likeness (QED) is 0.425. The van der Waals surface area contributed by atoms with E-state index in [2.05, 4.69) is 12.1 Å². The third-order valence-electron chi connectivity index (χ3n) is 4.08. The molecule has 142 valence electrons. The lowest BCUT2D eigenvalue weighted by atomic mass is 10.1. The monoisotopic (exact) mass is 360 g/mol. The molecule has 0 aliphatic rings. The van der Waals surface area contributed by atoms with E-state index in [1.165, 1.54) is 5.39 Å². The van der Waals surface area contributed by atoms with Gasteiger partial charge in [-0.3, -0.25) is 4.79 Å². The zero-order chi connectivity index (χ0) is 18.6. The van der Waals surface area contributed by atoms with Crippen molar-refractivity contribution >= 4 is 16.7 Å². The highest BCUT2D eigenvalue weighted by molar-refractivity contribution is 5.83. The largest absolute Gasteiger partial charge is 0.491 e. The van der Waals surface area contributed by atoms with E-state index in [0.717, 1.165) is 17.6 Å². The normalized spacial score (nSPS) is 12.1. The summed E-state index contributed by atoms with van der Waals surface area (Å²) in [4.78, 5) is 11.5. The highest BCUT2D eigenvalue weighted by atomic mass is 16.6. The first-order valence-corrected chi connectivity index (χ1v) is 9.14. The van der Waals surface area contributed by atoms with Crippen LogP contribution in [0.3, 0.4) is 0 Å². The zero-order valence-electron chi connectivity index (χ0n) is 15.6. The number of benzene rings is 2. The smallest absolute Gasteiger partial charge is 0.308 e. The molecule has 5 heteroatoms. The summed E-state index contributed by atoms with van der Waals surface area (Å²) in [6.07, 6.45) is 0.787. The summed E-state index contributed by atoms with van der Waals surface area (Å²) in [5, 5.41) is 2.36. The van der Waals surface area contributed by atoms with E-state index < -0.39 is 0 Å². The van der Waals surface area contributed by atoms with Gasteiger partial charge in [0.25, 0.3) is 0 Å². The van der Waals surface area contributed by atoms with Gasteiger partial charge in [-0.05, 0) is 29.3 Å². The Bertz CT molecular complexity index is 670. The van der Waals surface area contributed by atoms with Crippen LogP contribution in [0.15, 0.2) is 42.5 Å². The summed E-state index contributed by atoms with van der Waals surface area (Å²) in [7, 11) is 0. The lowest BCUT2D eigenvalue weighted by molar-refractivity contribution is -0.149. The Labute approximate surface area is 155 Å². The lowest BCUT2D eigenvalue weighted by Gasteiger charge is -2.10. The summed E-state index contributed by atoms with van der Waals surface area (Å²) in [6, 6.07) is 14.2. The minimum atomic E-state index is -0.168. The van der Waals surface area contributed by atoms with E-state index in [1.54, 1.807) is 0 Å². The fraction of sp³-hybridized carbons (Fsp3) is 0.476. The second-order valence-electron chi connectivity index (χ2n) is 6.06. The molecule has 0 saturated carbocycles. The van der Waals surface area contributed by atoms with Gasteiger partial charge in [-0.25, -0.2) is 0 Å². The van der Waals surface area contributed by atoms with E-state index >= 15 is 0 Å². The predicted octanol–water partition coefficient (Wildman–Crippen LogP) is 3.84. The first kappa shape index (κ1) is 20.2. The Morgan fingerprint density at radius 2 is 1.54 bits per heavy atom. The number of hydrogen-bond acceptors (Lipinski definition) is 5. The van der Waals surface area contributed by atoms with Gasteiger partial charge in [0.2, 0.25) is 0 Å². The Kier molecular flexibility index (Phi) is 8.93. The molecule has 0 saturated heterocycles. The van der Waals surface area contributed by atoms with E-state index in [1.807, 2.05) is 44.2 Å². The van der Waals surface area contributed by atoms with Crippen molar-refractivity contribution in [2.75, 3.05) is 39.6 Å². The average Bonchev–Trinajstić information content (AvgIpc) is 2.68. The van der Waals surface area contributed by atoms with Crippen molar-refractivity contribution in [2.24, 2.45) is 5.92 Å². The van der Waals surface area contributed by atoms with Gasteiger partial charge in [0.1, 0.15) is 19.0 Å². The Balaban J connectivity index is 1.47. The van der Waals surface area contributed by atoms with Crippen LogP contribution in [0.5, 0.6) is 5.75 Å². The maximum absolute atomic E-state index is 11.5. The van der Waals surface area contributed by atoms with Gasteiger partial charge in [-0.1, -0.05) is 44.2 Å². The highest BCUT2D eigenvalue weighted by Crippen LogP contribution is 2.20. The van der Waals surface area contributed by atoms with Crippen LogP contribution in [-0.2, 0) is 19.0 Å². The molecule has 1 unspecified atom stereocenters. The van der Waals surface area contributed by atoms with E-state index in [9.17, 15) is 4.79 Å². The van der Waals surface area contributed by atoms with Crippen molar-refractivity contribution in [3.63, 3.8) is 0 Å². The van der Waals surface area contributed by atoms with Crippen LogP contribution in [0.25, 0.3) is 10.8 Å². The Morgan fingerprint density at radius 1 is 0.885 bits per heavy atom. The second-order valence-corrected chi connectivity index (χ2v) is 6.06. The van der Waals surface area contributed by atoms with Crippen LogP contribution in [0.2, 0.25) is 0 Å². The molecule has 0 heterocycles. The van der Waals surface area contributed by atoms with Gasteiger partial charge in [-0.15, -0.1) is 0 Å². The number of ether oxygens (including phenoxy) is 4. The maximum atomic E-state index is 11.5. The molecule has 5 nitrogen and oxygen atoms in total. The van der Waals surface area contributed by atoms with Crippen LogP contribution in [-0.4, -0.2) is 45.6 Å². The lowest BCUT2D eigenvalue weighted by Crippen LogP contribution is -2.18. The number of esters is 1. The van der Waals surface area contributed by atoms with Crippen molar-refractivity contribution in [1.82, 2.24) is 0 Å². The minimum Gasteiger partial charge on any atom is -0.491 e. The third kappa shape index (κ3) is 7.02. The van der Waals surface area contributed by atoms with Crippen LogP contribution in [0.1, 0.15) is 20.3 Å². The van der Waals surface area contributed by atoms with E-state index in [-0.39, 0.29) is 18.5 Å². The summed E-state index contributed by atoms with van der Waals surface area (Å²) < 4.78 is 21.6. The molecule has 0 radical (unpaired) electrons. The summed E-state index contributed by atoms with van der Waals surface area (Å²) in [6.45, 7) is 6.44. The molecule has 2 aromatic carbocycles. The number of fused-ring (bicyclic) bond motifs is 1. The number of carbonyl (C=O) groups excluding carboxylic acids is 1. The van der Waals surface area contributed by atoms with Crippen molar-refractivity contribution in [3.8, 4) is 5.75 Å². The number of carbonyl (C=O) groups is 1. The highest BCUT2D eigenvalue weighted by Gasteiger charge is 2.10. The van der Waals surface area contributed by atoms with E-state index in [4.69, 9.17) is 18.9 Å². The van der Waals surface area contributed by atoms with Crippen molar-refractivity contribution in [3.05, 3.63) is 42.5 Å². The van der Waals surface area contributed by atoms with Gasteiger partial charge in [-0.2, -0.15) is 0 Å². The molecule has 0 aliphatic carbocycles. The van der Waals surface area contributed by atoms with Gasteiger partial charge < -0.3 is 18.9 Å². The SMILES string of the molecule is CCC(C)C(=O)OCCOCCOCCOc1ccc2ccccc2c1. The fourth-order valence-electron chi connectivity index (χ4n) is 2.31. The summed E-state index contributed by atoms with van der Waals surface area (Å²) >= 11 is 0. The first-order valence-electron chi connectivity index (χ1n) is 9.14. The Hall–Kier alpha value is -2.11. The number of rotatable bonds is 12. The van der Waals surface area contributed by atoms with E-state index in [0.29, 0.717) is 33.0 Å². The third-order valence-corrected chi connectivity index (χ3v) is 4.08. The predicted molar refractivity (Wildman–Crippen MR) is 101 cm³/mol. The topological polar surface area (TPSA) is 54.0 Å². The minimum absolute atomic E-state index is 0.0547. The molecule has 1 atom stereocenters. The van der Waals surface area contributed by atoms with Crippen LogP contribution in [0, 0.1) is 5.92 Å². The number of hydrogen-bond donors (Lipinski definition) is 0. The van der Waals surface area contributed by atoms with Crippen LogP contribution >= 0.6 is 0 Å². The molecular formula is C21H28O5. The molecule has 0 spiro atoms. The first-order chi connectivity index (χ1) is 12.7. The molecule has 0 fully saturated rings. The standard InChI is InChI=1S/C21H28O5/c1-3-17(2)21(22)26-15-13-24-11-10-23-12-14-25-20-9-8-18-6-4-5-7-19(18)16-20/h4-9,16-17H,3,10-15H2,1-2H3. The molecular weight excluding hydrogens is 332 g/mol. The van der Waals surface area contributed by atoms with Crippen LogP contribution < -0.4 is 4.74 Å². The van der Waals surface area contributed by atoms with Crippen molar-refractivity contribution in [1.29, 1.82) is 0 Å². The van der Waals surface area contributed by atoms with Gasteiger partial charge in [0.05, 0.1) is 32.3 Å². The second kappa shape index (κ2) is 11.5. The van der Waals surface area contributed by atoms with Gasteiger partial charge >= 0.3 is 5.97 Å². The molecule has 26 heavy (non-hydrogen) atoms. The zero-order valence-corrected chi connectivity index (χ0v) is 15.6. The molecule has 0 amide bonds. The molecule has 0 aromatic heterocycles. The molecule has 2 aromatic rings. The average molecular weight is 360 g/mol. The van der Waals surface area contributed by atoms with Gasteiger partial charge in [0, 0.05) is 0 Å². The van der Waals surface area contributed by atoms with Gasteiger partial charge in [0.15, 0.2) is 0 Å². The van der Waals surface area contributed by atoms with Crippen molar-refractivity contribution < 1.29 is 23.7 Å². The molecule has 2 rings (SSSR count).